The normalized spacial score (nSPS) is 37.6. The molecule has 3 aliphatic carbocycles. The second-order valence-corrected chi connectivity index (χ2v) is 8.52. The Balaban J connectivity index is 1.74. The van der Waals surface area contributed by atoms with E-state index >= 15 is 0 Å². The number of rotatable bonds is 3. The summed E-state index contributed by atoms with van der Waals surface area (Å²) in [6.45, 7) is 5.07. The lowest BCUT2D eigenvalue weighted by molar-refractivity contribution is 0.0112. The van der Waals surface area contributed by atoms with Gasteiger partial charge in [-0.25, -0.2) is 0 Å². The van der Waals surface area contributed by atoms with E-state index in [1.165, 1.54) is 32.1 Å². The van der Waals surface area contributed by atoms with Crippen molar-refractivity contribution < 1.29 is 0 Å². The first-order chi connectivity index (χ1) is 9.77. The molecule has 0 heteroatoms. The summed E-state index contributed by atoms with van der Waals surface area (Å²) in [5, 5.41) is 0. The first kappa shape index (κ1) is 14.9. The Morgan fingerprint density at radius 1 is 0.650 bits per heavy atom. The summed E-state index contributed by atoms with van der Waals surface area (Å²) in [6.07, 6.45) is 18.5. The third-order valence-electron chi connectivity index (χ3n) is 7.09. The summed E-state index contributed by atoms with van der Waals surface area (Å²) < 4.78 is 0. The monoisotopic (exact) mass is 276 g/mol. The molecule has 0 spiro atoms. The van der Waals surface area contributed by atoms with Crippen molar-refractivity contribution in [3.63, 3.8) is 0 Å². The van der Waals surface area contributed by atoms with Gasteiger partial charge in [-0.05, 0) is 48.3 Å². The molecule has 4 atom stereocenters. The molecule has 0 aliphatic heterocycles. The van der Waals surface area contributed by atoms with E-state index in [1.807, 2.05) is 0 Å². The van der Waals surface area contributed by atoms with Gasteiger partial charge in [-0.15, -0.1) is 0 Å². The van der Waals surface area contributed by atoms with E-state index in [-0.39, 0.29) is 0 Å². The smallest absolute Gasteiger partial charge is 0.0332 e. The molecule has 0 aromatic carbocycles. The maximum atomic E-state index is 2.53. The fraction of sp³-hybridized carbons (Fsp3) is 1.00. The second-order valence-electron chi connectivity index (χ2n) is 8.52. The van der Waals surface area contributed by atoms with Gasteiger partial charge in [0.25, 0.3) is 0 Å². The standard InChI is InChI=1S/C20H36/c1-15(2)20(17-10-4-3-5-11-17)19-14-8-12-16-9-6-7-13-18(16)19/h15-20H,3-14H2,1-2H3. The minimum atomic E-state index is 0.920. The van der Waals surface area contributed by atoms with E-state index < -0.39 is 0 Å². The molecular weight excluding hydrogens is 240 g/mol. The summed E-state index contributed by atoms with van der Waals surface area (Å²) in [4.78, 5) is 0. The maximum Gasteiger partial charge on any atom is -0.0332 e. The highest BCUT2D eigenvalue weighted by Crippen LogP contribution is 2.51. The summed E-state index contributed by atoms with van der Waals surface area (Å²) in [5.41, 5.74) is 0. The van der Waals surface area contributed by atoms with Crippen molar-refractivity contribution in [1.82, 2.24) is 0 Å². The van der Waals surface area contributed by atoms with Gasteiger partial charge in [0, 0.05) is 0 Å². The van der Waals surface area contributed by atoms with Crippen LogP contribution in [0.5, 0.6) is 0 Å². The summed E-state index contributed by atoms with van der Waals surface area (Å²) in [7, 11) is 0. The van der Waals surface area contributed by atoms with E-state index in [9.17, 15) is 0 Å². The molecule has 0 saturated heterocycles. The molecule has 116 valence electrons. The zero-order valence-electron chi connectivity index (χ0n) is 13.9. The van der Waals surface area contributed by atoms with Gasteiger partial charge in [0.05, 0.1) is 0 Å². The predicted octanol–water partition coefficient (Wildman–Crippen LogP) is 6.45. The molecule has 0 heterocycles. The fourth-order valence-corrected chi connectivity index (χ4v) is 6.37. The molecule has 0 aromatic heterocycles. The molecule has 0 bridgehead atoms. The highest BCUT2D eigenvalue weighted by atomic mass is 14.5. The molecule has 0 nitrogen and oxygen atoms in total. The first-order valence-electron chi connectivity index (χ1n) is 9.77. The molecular formula is C20H36. The molecule has 0 amide bonds. The Morgan fingerprint density at radius 3 is 2.05 bits per heavy atom. The van der Waals surface area contributed by atoms with Gasteiger partial charge in [0.1, 0.15) is 0 Å². The van der Waals surface area contributed by atoms with Gasteiger partial charge in [-0.3, -0.25) is 0 Å². The van der Waals surface area contributed by atoms with Gasteiger partial charge in [-0.2, -0.15) is 0 Å². The van der Waals surface area contributed by atoms with Crippen LogP contribution >= 0.6 is 0 Å². The highest BCUT2D eigenvalue weighted by Gasteiger charge is 2.42. The van der Waals surface area contributed by atoms with Crippen molar-refractivity contribution in [1.29, 1.82) is 0 Å². The molecule has 0 aromatic rings. The SMILES string of the molecule is CC(C)C(C1CCCCC1)C1CCCC2CCCCC21. The van der Waals surface area contributed by atoms with Gasteiger partial charge in [-0.1, -0.05) is 78.1 Å². The zero-order chi connectivity index (χ0) is 13.9. The molecule has 3 fully saturated rings. The Bertz CT molecular complexity index is 284. The Labute approximate surface area is 127 Å². The molecule has 0 N–H and O–H groups in total. The minimum Gasteiger partial charge on any atom is -0.0625 e. The molecule has 3 aliphatic rings. The predicted molar refractivity (Wildman–Crippen MR) is 87.7 cm³/mol. The lowest BCUT2D eigenvalue weighted by atomic mass is 9.57. The van der Waals surface area contributed by atoms with Crippen molar-refractivity contribution in [2.24, 2.45) is 35.5 Å². The fourth-order valence-electron chi connectivity index (χ4n) is 6.37. The van der Waals surface area contributed by atoms with Crippen molar-refractivity contribution in [2.45, 2.75) is 90.9 Å². The van der Waals surface area contributed by atoms with Gasteiger partial charge >= 0.3 is 0 Å². The van der Waals surface area contributed by atoms with Gasteiger partial charge < -0.3 is 0 Å². The van der Waals surface area contributed by atoms with E-state index in [2.05, 4.69) is 13.8 Å². The number of hydrogen-bond acceptors (Lipinski definition) is 0. The topological polar surface area (TPSA) is 0 Å². The first-order valence-corrected chi connectivity index (χ1v) is 9.77. The lowest BCUT2D eigenvalue weighted by Crippen LogP contribution is -2.40. The van der Waals surface area contributed by atoms with Crippen molar-refractivity contribution >= 4 is 0 Å². The van der Waals surface area contributed by atoms with Crippen LogP contribution in [0.4, 0.5) is 0 Å². The van der Waals surface area contributed by atoms with E-state index in [4.69, 9.17) is 0 Å². The molecule has 3 rings (SSSR count). The maximum absolute atomic E-state index is 2.53. The Kier molecular flexibility index (Phi) is 5.10. The third-order valence-corrected chi connectivity index (χ3v) is 7.09. The largest absolute Gasteiger partial charge is 0.0625 e. The number of fused-ring (bicyclic) bond motifs is 1. The Morgan fingerprint density at radius 2 is 1.30 bits per heavy atom. The van der Waals surface area contributed by atoms with Crippen molar-refractivity contribution in [2.75, 3.05) is 0 Å². The van der Waals surface area contributed by atoms with Crippen LogP contribution in [-0.4, -0.2) is 0 Å². The molecule has 20 heavy (non-hydrogen) atoms. The van der Waals surface area contributed by atoms with E-state index in [0.717, 1.165) is 35.5 Å². The molecule has 3 saturated carbocycles. The van der Waals surface area contributed by atoms with Gasteiger partial charge in [0.2, 0.25) is 0 Å². The lowest BCUT2D eigenvalue weighted by Gasteiger charge is -2.49. The quantitative estimate of drug-likeness (QED) is 0.556. The van der Waals surface area contributed by atoms with Gasteiger partial charge in [0.15, 0.2) is 0 Å². The van der Waals surface area contributed by atoms with Crippen LogP contribution < -0.4 is 0 Å². The van der Waals surface area contributed by atoms with Crippen LogP contribution in [0.1, 0.15) is 90.9 Å². The van der Waals surface area contributed by atoms with Crippen LogP contribution in [0.3, 0.4) is 0 Å². The molecule has 0 radical (unpaired) electrons. The van der Waals surface area contributed by atoms with Crippen LogP contribution in [-0.2, 0) is 0 Å². The van der Waals surface area contributed by atoms with Crippen molar-refractivity contribution in [3.05, 3.63) is 0 Å². The molecule has 4 unspecified atom stereocenters. The number of hydrogen-bond donors (Lipinski definition) is 0. The summed E-state index contributed by atoms with van der Waals surface area (Å²) >= 11 is 0. The summed E-state index contributed by atoms with van der Waals surface area (Å²) in [5.74, 6) is 6.38. The average Bonchev–Trinajstić information content (AvgIpc) is 2.48. The van der Waals surface area contributed by atoms with Crippen molar-refractivity contribution in [3.8, 4) is 0 Å². The zero-order valence-corrected chi connectivity index (χ0v) is 13.9. The van der Waals surface area contributed by atoms with Crippen LogP contribution in [0.15, 0.2) is 0 Å². The third kappa shape index (κ3) is 3.09. The average molecular weight is 277 g/mol. The summed E-state index contributed by atoms with van der Waals surface area (Å²) in [6, 6.07) is 0. The van der Waals surface area contributed by atoms with Crippen LogP contribution in [0, 0.1) is 35.5 Å². The highest BCUT2D eigenvalue weighted by molar-refractivity contribution is 4.92. The van der Waals surface area contributed by atoms with E-state index in [1.54, 1.807) is 44.9 Å². The van der Waals surface area contributed by atoms with Crippen LogP contribution in [0.2, 0.25) is 0 Å². The minimum absolute atomic E-state index is 0.920. The second kappa shape index (κ2) is 6.84. The Hall–Kier alpha value is 0. The van der Waals surface area contributed by atoms with Crippen LogP contribution in [0.25, 0.3) is 0 Å². The van der Waals surface area contributed by atoms with E-state index in [0.29, 0.717) is 0 Å².